The molecule has 1 aliphatic rings. The zero-order valence-corrected chi connectivity index (χ0v) is 11.3. The Morgan fingerprint density at radius 3 is 1.95 bits per heavy atom. The average Bonchev–Trinajstić information content (AvgIpc) is 2.44. The lowest BCUT2D eigenvalue weighted by atomic mass is 9.99. The lowest BCUT2D eigenvalue weighted by molar-refractivity contribution is -0.149. The van der Waals surface area contributed by atoms with E-state index in [0.29, 0.717) is 13.1 Å². The van der Waals surface area contributed by atoms with Crippen LogP contribution in [0.4, 0.5) is 30.7 Å². The van der Waals surface area contributed by atoms with E-state index in [1.807, 2.05) is 0 Å². The zero-order chi connectivity index (χ0) is 16.5. The molecule has 0 saturated carbocycles. The molecule has 2 rings (SSSR count). The SMILES string of the molecule is Fc1cc(F)c(F)c([C@@H](CC(F)(F)F)N2CCNCC2)c1F. The van der Waals surface area contributed by atoms with Crippen molar-refractivity contribution in [3.05, 3.63) is 34.9 Å². The maximum absolute atomic E-state index is 13.8. The molecule has 124 valence electrons. The zero-order valence-electron chi connectivity index (χ0n) is 11.3. The highest BCUT2D eigenvalue weighted by molar-refractivity contribution is 5.26. The molecular weight excluding hydrogens is 317 g/mol. The molecule has 1 N–H and O–H groups in total. The topological polar surface area (TPSA) is 15.3 Å². The van der Waals surface area contributed by atoms with Crippen molar-refractivity contribution in [2.75, 3.05) is 26.2 Å². The van der Waals surface area contributed by atoms with Crippen LogP contribution in [0.1, 0.15) is 18.0 Å². The molecule has 0 aliphatic carbocycles. The summed E-state index contributed by atoms with van der Waals surface area (Å²) in [7, 11) is 0. The lowest BCUT2D eigenvalue weighted by Crippen LogP contribution is -2.46. The summed E-state index contributed by atoms with van der Waals surface area (Å²) >= 11 is 0. The first-order chi connectivity index (χ1) is 10.2. The molecule has 0 unspecified atom stereocenters. The maximum Gasteiger partial charge on any atom is 0.390 e. The number of halogens is 7. The number of nitrogens with one attached hydrogen (secondary N) is 1. The standard InChI is InChI=1S/C13H13F7N2/c14-7-5-8(15)12(17)10(11(7)16)9(6-13(18,19)20)22-3-1-21-2-4-22/h5,9,21H,1-4,6H2/t9-/m1/s1. The van der Waals surface area contributed by atoms with E-state index in [2.05, 4.69) is 5.32 Å². The Morgan fingerprint density at radius 1 is 1.00 bits per heavy atom. The van der Waals surface area contributed by atoms with E-state index >= 15 is 0 Å². The molecule has 0 spiro atoms. The summed E-state index contributed by atoms with van der Waals surface area (Å²) in [5.41, 5.74) is -1.21. The lowest BCUT2D eigenvalue weighted by Gasteiger charge is -2.35. The molecular formula is C13H13F7N2. The molecule has 22 heavy (non-hydrogen) atoms. The Kier molecular flexibility index (Phi) is 4.96. The van der Waals surface area contributed by atoms with Gasteiger partial charge in [0.1, 0.15) is 0 Å². The number of nitrogens with zero attached hydrogens (tertiary/aromatic N) is 1. The summed E-state index contributed by atoms with van der Waals surface area (Å²) < 4.78 is 92.4. The third-order valence-corrected chi connectivity index (χ3v) is 3.50. The van der Waals surface area contributed by atoms with Crippen molar-refractivity contribution in [3.8, 4) is 0 Å². The van der Waals surface area contributed by atoms with Gasteiger partial charge in [0.05, 0.1) is 6.42 Å². The van der Waals surface area contributed by atoms with Crippen LogP contribution in [0.15, 0.2) is 6.07 Å². The van der Waals surface area contributed by atoms with Crippen molar-refractivity contribution in [2.24, 2.45) is 0 Å². The first kappa shape index (κ1) is 17.0. The number of alkyl halides is 3. The Morgan fingerprint density at radius 2 is 1.50 bits per heavy atom. The molecule has 1 aliphatic heterocycles. The predicted molar refractivity (Wildman–Crippen MR) is 64.1 cm³/mol. The third kappa shape index (κ3) is 3.70. The number of hydrogen-bond acceptors (Lipinski definition) is 2. The van der Waals surface area contributed by atoms with Crippen molar-refractivity contribution in [2.45, 2.75) is 18.6 Å². The van der Waals surface area contributed by atoms with E-state index in [9.17, 15) is 30.7 Å². The van der Waals surface area contributed by atoms with Crippen LogP contribution in [-0.2, 0) is 0 Å². The van der Waals surface area contributed by atoms with E-state index in [4.69, 9.17) is 0 Å². The van der Waals surface area contributed by atoms with Crippen LogP contribution in [0, 0.1) is 23.3 Å². The molecule has 0 radical (unpaired) electrons. The Balaban J connectivity index is 2.48. The predicted octanol–water partition coefficient (Wildman–Crippen LogP) is 3.14. The summed E-state index contributed by atoms with van der Waals surface area (Å²) in [4.78, 5) is 1.17. The molecule has 1 aromatic carbocycles. The van der Waals surface area contributed by atoms with Crippen LogP contribution < -0.4 is 5.32 Å². The molecule has 2 nitrogen and oxygen atoms in total. The van der Waals surface area contributed by atoms with E-state index in [0.717, 1.165) is 0 Å². The molecule has 0 bridgehead atoms. The molecule has 0 aromatic heterocycles. The molecule has 9 heteroatoms. The van der Waals surface area contributed by atoms with Gasteiger partial charge in [0.25, 0.3) is 0 Å². The van der Waals surface area contributed by atoms with Crippen molar-refractivity contribution >= 4 is 0 Å². The fourth-order valence-corrected chi connectivity index (χ4v) is 2.51. The summed E-state index contributed by atoms with van der Waals surface area (Å²) in [5.74, 6) is -6.99. The minimum absolute atomic E-state index is 0.0173. The number of piperazine rings is 1. The summed E-state index contributed by atoms with van der Waals surface area (Å²) in [6, 6.07) is -1.83. The molecule has 1 aromatic rings. The first-order valence-corrected chi connectivity index (χ1v) is 6.55. The molecule has 1 heterocycles. The minimum atomic E-state index is -4.74. The molecule has 1 fully saturated rings. The molecule has 0 amide bonds. The van der Waals surface area contributed by atoms with Gasteiger partial charge >= 0.3 is 6.18 Å². The number of rotatable bonds is 3. The smallest absolute Gasteiger partial charge is 0.314 e. The summed E-state index contributed by atoms with van der Waals surface area (Å²) in [5, 5.41) is 2.88. The fourth-order valence-electron chi connectivity index (χ4n) is 2.51. The second-order valence-electron chi connectivity index (χ2n) is 5.00. The highest BCUT2D eigenvalue weighted by Gasteiger charge is 2.39. The monoisotopic (exact) mass is 330 g/mol. The molecule has 1 atom stereocenters. The van der Waals surface area contributed by atoms with Crippen LogP contribution in [0.2, 0.25) is 0 Å². The van der Waals surface area contributed by atoms with Crippen LogP contribution in [-0.4, -0.2) is 37.3 Å². The van der Waals surface area contributed by atoms with E-state index in [1.165, 1.54) is 4.90 Å². The number of hydrogen-bond donors (Lipinski definition) is 1. The van der Waals surface area contributed by atoms with Crippen molar-refractivity contribution in [3.63, 3.8) is 0 Å². The van der Waals surface area contributed by atoms with Gasteiger partial charge in [-0.05, 0) is 0 Å². The summed E-state index contributed by atoms with van der Waals surface area (Å²) in [6.45, 7) is 0.792. The quantitative estimate of drug-likeness (QED) is 0.677. The minimum Gasteiger partial charge on any atom is -0.314 e. The second-order valence-corrected chi connectivity index (χ2v) is 5.00. The Labute approximate surface area is 121 Å². The van der Waals surface area contributed by atoms with Crippen molar-refractivity contribution in [1.29, 1.82) is 0 Å². The number of benzene rings is 1. The van der Waals surface area contributed by atoms with Crippen LogP contribution in [0.3, 0.4) is 0 Å². The Hall–Kier alpha value is -1.35. The molecule has 1 saturated heterocycles. The van der Waals surface area contributed by atoms with Crippen LogP contribution >= 0.6 is 0 Å². The average molecular weight is 330 g/mol. The highest BCUT2D eigenvalue weighted by atomic mass is 19.4. The van der Waals surface area contributed by atoms with Crippen molar-refractivity contribution < 1.29 is 30.7 Å². The van der Waals surface area contributed by atoms with Crippen LogP contribution in [0.5, 0.6) is 0 Å². The highest BCUT2D eigenvalue weighted by Crippen LogP contribution is 2.37. The van der Waals surface area contributed by atoms with Gasteiger partial charge in [-0.3, -0.25) is 4.90 Å². The Bertz CT molecular complexity index is 512. The maximum atomic E-state index is 13.8. The third-order valence-electron chi connectivity index (χ3n) is 3.50. The summed E-state index contributed by atoms with van der Waals surface area (Å²) in [6.07, 6.45) is -6.33. The van der Waals surface area contributed by atoms with E-state index in [-0.39, 0.29) is 19.2 Å². The van der Waals surface area contributed by atoms with Gasteiger partial charge in [-0.25, -0.2) is 17.6 Å². The first-order valence-electron chi connectivity index (χ1n) is 6.55. The van der Waals surface area contributed by atoms with E-state index < -0.39 is 47.5 Å². The van der Waals surface area contributed by atoms with E-state index in [1.54, 1.807) is 0 Å². The normalized spacial score (nSPS) is 18.5. The largest absolute Gasteiger partial charge is 0.390 e. The van der Waals surface area contributed by atoms with Crippen LogP contribution in [0.25, 0.3) is 0 Å². The van der Waals surface area contributed by atoms with Gasteiger partial charge in [0, 0.05) is 43.9 Å². The van der Waals surface area contributed by atoms with Gasteiger partial charge < -0.3 is 5.32 Å². The fraction of sp³-hybridized carbons (Fsp3) is 0.538. The van der Waals surface area contributed by atoms with Crippen molar-refractivity contribution in [1.82, 2.24) is 10.2 Å². The van der Waals surface area contributed by atoms with Gasteiger partial charge in [0.15, 0.2) is 23.3 Å². The van der Waals surface area contributed by atoms with Gasteiger partial charge in [-0.15, -0.1) is 0 Å². The van der Waals surface area contributed by atoms with Gasteiger partial charge in [0.2, 0.25) is 0 Å². The second kappa shape index (κ2) is 6.41. The van der Waals surface area contributed by atoms with Gasteiger partial charge in [-0.1, -0.05) is 0 Å². The van der Waals surface area contributed by atoms with Gasteiger partial charge in [-0.2, -0.15) is 13.2 Å².